The molecule has 206 valence electrons. The van der Waals surface area contributed by atoms with Crippen molar-refractivity contribution in [3.8, 4) is 0 Å². The molecular weight excluding hydrogens is 573 g/mol. The van der Waals surface area contributed by atoms with Crippen LogP contribution in [-0.4, -0.2) is 28.3 Å². The summed E-state index contributed by atoms with van der Waals surface area (Å²) in [5, 5.41) is 18.8. The number of carbonyl (C=O) groups is 1. The van der Waals surface area contributed by atoms with Crippen LogP contribution in [-0.2, 0) is 17.4 Å². The number of carboxylic acid groups (broad SMARTS) is 1. The second-order valence-electron chi connectivity index (χ2n) is 10.4. The number of hydrogen-bond donors (Lipinski definition) is 1. The molecule has 1 N–H and O–H groups in total. The quantitative estimate of drug-likeness (QED) is 0.181. The number of thiophene rings is 2. The predicted octanol–water partition coefficient (Wildman–Crippen LogP) is 7.19. The average molecular weight is 606 g/mol. The molecule has 1 aliphatic rings. The van der Waals surface area contributed by atoms with Gasteiger partial charge in [-0.25, -0.2) is 0 Å². The molecule has 0 bridgehead atoms. The van der Waals surface area contributed by atoms with Gasteiger partial charge in [-0.1, -0.05) is 0 Å². The van der Waals surface area contributed by atoms with Crippen LogP contribution in [0.3, 0.4) is 0 Å². The fourth-order valence-electron chi connectivity index (χ4n) is 6.69. The molecule has 2 aromatic heterocycles. The molecule has 3 nitrogen and oxygen atoms in total. The van der Waals surface area contributed by atoms with Crippen molar-refractivity contribution in [2.45, 2.75) is 25.0 Å². The second-order valence-corrected chi connectivity index (χ2v) is 17.3. The maximum absolute atomic E-state index is 13.2. The third-order valence-electron chi connectivity index (χ3n) is 8.26. The minimum absolute atomic E-state index is 0. The molecule has 5 aromatic rings. The molecule has 0 aliphatic carbocycles. The van der Waals surface area contributed by atoms with E-state index in [1.54, 1.807) is 22.7 Å². The van der Waals surface area contributed by atoms with Crippen molar-refractivity contribution in [2.75, 3.05) is 6.54 Å². The van der Waals surface area contributed by atoms with Crippen LogP contribution in [0.1, 0.15) is 16.2 Å². The van der Waals surface area contributed by atoms with Crippen molar-refractivity contribution >= 4 is 63.7 Å². The van der Waals surface area contributed by atoms with E-state index in [1.807, 2.05) is 0 Å². The third-order valence-corrected chi connectivity index (χ3v) is 17.0. The Hall–Kier alpha value is -2.79. The Morgan fingerprint density at radius 1 is 0.725 bits per heavy atom. The first-order valence-corrected chi connectivity index (χ1v) is 17.5. The first-order valence-electron chi connectivity index (χ1n) is 13.3. The molecule has 3 heterocycles. The van der Waals surface area contributed by atoms with Gasteiger partial charge in [-0.05, 0) is 0 Å². The molecular formula is C33H33ClNO2PS2. The molecule has 0 amide bonds. The van der Waals surface area contributed by atoms with Gasteiger partial charge in [-0.3, -0.25) is 0 Å². The van der Waals surface area contributed by atoms with Crippen molar-refractivity contribution in [2.24, 2.45) is 5.92 Å². The van der Waals surface area contributed by atoms with Gasteiger partial charge in [-0.2, -0.15) is 0 Å². The summed E-state index contributed by atoms with van der Waals surface area (Å²) in [6.07, 6.45) is 2.31. The number of rotatable bonds is 9. The van der Waals surface area contributed by atoms with Gasteiger partial charge in [0.2, 0.25) is 0 Å². The molecule has 1 unspecified atom stereocenters. The monoisotopic (exact) mass is 605 g/mol. The summed E-state index contributed by atoms with van der Waals surface area (Å²) in [5.41, 5.74) is 0. The molecule has 1 fully saturated rings. The molecule has 7 heteroatoms. The number of hydrogen-bond acceptors (Lipinski definition) is 4. The Morgan fingerprint density at radius 3 is 1.62 bits per heavy atom. The fourth-order valence-corrected chi connectivity index (χ4v) is 16.1. The van der Waals surface area contributed by atoms with Crippen molar-refractivity contribution in [1.82, 2.24) is 4.67 Å². The van der Waals surface area contributed by atoms with Gasteiger partial charge < -0.3 is 0 Å². The van der Waals surface area contributed by atoms with E-state index in [-0.39, 0.29) is 18.3 Å². The Kier molecular flexibility index (Phi) is 8.61. The second kappa shape index (κ2) is 12.0. The molecule has 40 heavy (non-hydrogen) atoms. The summed E-state index contributed by atoms with van der Waals surface area (Å²) in [5.74, 6) is -0.475. The molecule has 1 aliphatic heterocycles. The Morgan fingerprint density at radius 2 is 1.20 bits per heavy atom. The van der Waals surface area contributed by atoms with Crippen LogP contribution in [0, 0.1) is 5.92 Å². The number of carboxylic acids is 1. The van der Waals surface area contributed by atoms with E-state index in [0.717, 1.165) is 19.1 Å². The first-order chi connectivity index (χ1) is 19.1. The minimum atomic E-state index is -3.59. The molecule has 0 radical (unpaired) electrons. The van der Waals surface area contributed by atoms with E-state index in [9.17, 15) is 9.90 Å². The zero-order chi connectivity index (χ0) is 26.7. The SMILES string of the molecule is Cl.O=C(O)[C@@H]1CC(Cc2cccs2)CN1P(Cc1cccs1)(c1ccccc1)(c1ccccc1)c1ccccc1. The summed E-state index contributed by atoms with van der Waals surface area (Å²) in [4.78, 5) is 15.8. The van der Waals surface area contributed by atoms with E-state index in [2.05, 4.69) is 131 Å². The van der Waals surface area contributed by atoms with Gasteiger partial charge in [0.1, 0.15) is 0 Å². The van der Waals surface area contributed by atoms with Gasteiger partial charge >= 0.3 is 239 Å². The Labute approximate surface area is 250 Å². The number of halogens is 1. The van der Waals surface area contributed by atoms with Crippen molar-refractivity contribution in [3.05, 3.63) is 136 Å². The van der Waals surface area contributed by atoms with Crippen LogP contribution < -0.4 is 15.9 Å². The standard InChI is InChI=1S/C33H32NO2PS2.ClH/c35-33(36)32-23-26(22-30-18-10-20-38-30)24-34(32)37(25-31-19-11-21-39-31,27-12-4-1-5-13-27,28-14-6-2-7-15-28)29-16-8-3-9-17-29;/h1-21,26,32H,22-25H2,(H,35,36);1H/t26?,32-;/m0./s1. The predicted molar refractivity (Wildman–Crippen MR) is 175 cm³/mol. The van der Waals surface area contributed by atoms with Gasteiger partial charge in [0, 0.05) is 0 Å². The van der Waals surface area contributed by atoms with Crippen molar-refractivity contribution in [1.29, 1.82) is 0 Å². The van der Waals surface area contributed by atoms with Crippen molar-refractivity contribution in [3.63, 3.8) is 0 Å². The molecule has 3 aromatic carbocycles. The molecule has 6 rings (SSSR count). The van der Waals surface area contributed by atoms with Crippen LogP contribution in [0.5, 0.6) is 0 Å². The summed E-state index contributed by atoms with van der Waals surface area (Å²) in [6.45, 7) is -2.86. The zero-order valence-corrected chi connectivity index (χ0v) is 25.4. The third kappa shape index (κ3) is 4.74. The van der Waals surface area contributed by atoms with Gasteiger partial charge in [-0.15, -0.1) is 12.4 Å². The topological polar surface area (TPSA) is 40.5 Å². The molecule has 1 saturated heterocycles. The van der Waals surface area contributed by atoms with Gasteiger partial charge in [0.15, 0.2) is 0 Å². The summed E-state index contributed by atoms with van der Waals surface area (Å²) in [6, 6.07) is 40.4. The number of benzene rings is 3. The first kappa shape index (κ1) is 28.7. The van der Waals surface area contributed by atoms with E-state index in [4.69, 9.17) is 0 Å². The number of nitrogens with zero attached hydrogens (tertiary/aromatic N) is 1. The van der Waals surface area contributed by atoms with Crippen LogP contribution in [0.25, 0.3) is 0 Å². The molecule has 0 spiro atoms. The van der Waals surface area contributed by atoms with E-state index < -0.39 is 18.8 Å². The molecule has 0 saturated carbocycles. The van der Waals surface area contributed by atoms with Crippen LogP contribution in [0.4, 0.5) is 0 Å². The zero-order valence-electron chi connectivity index (χ0n) is 22.1. The normalized spacial score (nSPS) is 18.4. The van der Waals surface area contributed by atoms with Crippen molar-refractivity contribution < 1.29 is 9.90 Å². The van der Waals surface area contributed by atoms with Crippen LogP contribution in [0.2, 0.25) is 0 Å². The Bertz CT molecular complexity index is 1410. The van der Waals surface area contributed by atoms with E-state index >= 15 is 0 Å². The Balaban J connectivity index is 0.00000323. The maximum atomic E-state index is 13.2. The van der Waals surface area contributed by atoms with E-state index in [0.29, 0.717) is 6.42 Å². The van der Waals surface area contributed by atoms with E-state index in [1.165, 1.54) is 25.7 Å². The fraction of sp³-hybridized carbons (Fsp3) is 0.182. The summed E-state index contributed by atoms with van der Waals surface area (Å²) < 4.78 is 2.48. The summed E-state index contributed by atoms with van der Waals surface area (Å²) >= 11 is 3.53. The van der Waals surface area contributed by atoms with Crippen LogP contribution in [0.15, 0.2) is 126 Å². The van der Waals surface area contributed by atoms with Crippen LogP contribution >= 0.6 is 41.8 Å². The van der Waals surface area contributed by atoms with Gasteiger partial charge in [0.05, 0.1) is 0 Å². The summed E-state index contributed by atoms with van der Waals surface area (Å²) in [7, 11) is 0. The van der Waals surface area contributed by atoms with Gasteiger partial charge in [0.25, 0.3) is 0 Å². The number of aliphatic carboxylic acids is 1. The molecule has 2 atom stereocenters. The average Bonchev–Trinajstić information content (AvgIpc) is 3.77.